The summed E-state index contributed by atoms with van der Waals surface area (Å²) in [4.78, 5) is 2.34. The highest BCUT2D eigenvalue weighted by Crippen LogP contribution is 2.32. The molecular weight excluding hydrogens is 184 g/mol. The van der Waals surface area contributed by atoms with Gasteiger partial charge in [-0.2, -0.15) is 0 Å². The monoisotopic (exact) mass is 200 g/mol. The van der Waals surface area contributed by atoms with Crippen LogP contribution in [0.25, 0.3) is 0 Å². The molecule has 0 bridgehead atoms. The van der Waals surface area contributed by atoms with E-state index in [1.165, 1.54) is 29.7 Å². The fourth-order valence-electron chi connectivity index (χ4n) is 2.56. The number of hydrogen-bond acceptors (Lipinski definition) is 2. The number of nitrogens with zero attached hydrogens (tertiary/aromatic N) is 1. The van der Waals surface area contributed by atoms with E-state index in [4.69, 9.17) is 0 Å². The summed E-state index contributed by atoms with van der Waals surface area (Å²) in [7, 11) is 2.17. The summed E-state index contributed by atoms with van der Waals surface area (Å²) >= 11 is 0. The predicted octanol–water partition coefficient (Wildman–Crippen LogP) is 1.95. The van der Waals surface area contributed by atoms with Gasteiger partial charge in [0, 0.05) is 31.1 Å². The van der Waals surface area contributed by atoms with Crippen molar-refractivity contribution in [2.45, 2.75) is 18.9 Å². The number of nitrogens with one attached hydrogen (secondary N) is 1. The average molecular weight is 200 g/mol. The van der Waals surface area contributed by atoms with Crippen molar-refractivity contribution in [1.29, 1.82) is 0 Å². The van der Waals surface area contributed by atoms with Gasteiger partial charge in [-0.3, -0.25) is 0 Å². The van der Waals surface area contributed by atoms with Crippen LogP contribution in [0.15, 0.2) is 47.3 Å². The third kappa shape index (κ3) is 1.32. The number of hydrogen-bond donors (Lipinski definition) is 1. The molecule has 0 radical (unpaired) electrons. The summed E-state index contributed by atoms with van der Waals surface area (Å²) < 4.78 is 0. The van der Waals surface area contributed by atoms with Crippen LogP contribution in [0.4, 0.5) is 0 Å². The Kier molecular flexibility index (Phi) is 1.94. The molecule has 2 heterocycles. The molecule has 0 amide bonds. The highest BCUT2D eigenvalue weighted by Gasteiger charge is 2.26. The first-order valence-corrected chi connectivity index (χ1v) is 5.60. The van der Waals surface area contributed by atoms with E-state index in [9.17, 15) is 0 Å². The number of allylic oxidation sites excluding steroid dienone is 4. The van der Waals surface area contributed by atoms with Gasteiger partial charge < -0.3 is 10.2 Å². The second-order valence-corrected chi connectivity index (χ2v) is 4.36. The molecule has 78 valence electrons. The molecule has 0 saturated carbocycles. The average Bonchev–Trinajstić information content (AvgIpc) is 2.29. The summed E-state index contributed by atoms with van der Waals surface area (Å²) in [5.41, 5.74) is 4.34. The Balaban J connectivity index is 2.12. The zero-order valence-electron chi connectivity index (χ0n) is 9.03. The van der Waals surface area contributed by atoms with E-state index in [0.717, 1.165) is 6.54 Å². The molecular formula is C13H16N2. The maximum Gasteiger partial charge on any atom is 0.0848 e. The molecule has 0 aromatic rings. The van der Waals surface area contributed by atoms with Crippen LogP contribution < -0.4 is 5.32 Å². The first-order chi connectivity index (χ1) is 7.36. The first kappa shape index (κ1) is 8.84. The lowest BCUT2D eigenvalue weighted by Gasteiger charge is -2.37. The zero-order valence-corrected chi connectivity index (χ0v) is 9.03. The minimum atomic E-state index is 0.380. The van der Waals surface area contributed by atoms with Crippen LogP contribution in [0.3, 0.4) is 0 Å². The largest absolute Gasteiger partial charge is 0.379 e. The highest BCUT2D eigenvalue weighted by molar-refractivity contribution is 5.51. The number of rotatable bonds is 0. The highest BCUT2D eigenvalue weighted by atomic mass is 15.2. The molecule has 1 aliphatic carbocycles. The predicted molar refractivity (Wildman–Crippen MR) is 62.2 cm³/mol. The number of likely N-dealkylation sites (N-methyl/N-ethyl adjacent to an activating group) is 1. The lowest BCUT2D eigenvalue weighted by molar-refractivity contribution is 0.405. The van der Waals surface area contributed by atoms with Gasteiger partial charge in [-0.05, 0) is 18.4 Å². The minimum absolute atomic E-state index is 0.380. The van der Waals surface area contributed by atoms with Crippen molar-refractivity contribution in [2.75, 3.05) is 13.6 Å². The third-order valence-electron chi connectivity index (χ3n) is 3.34. The van der Waals surface area contributed by atoms with Crippen molar-refractivity contribution in [3.8, 4) is 0 Å². The van der Waals surface area contributed by atoms with Crippen molar-refractivity contribution in [3.63, 3.8) is 0 Å². The molecule has 2 nitrogen and oxygen atoms in total. The Morgan fingerprint density at radius 1 is 1.40 bits per heavy atom. The summed E-state index contributed by atoms with van der Waals surface area (Å²) in [6.07, 6.45) is 13.6. The lowest BCUT2D eigenvalue weighted by Crippen LogP contribution is -2.40. The maximum atomic E-state index is 3.47. The molecule has 0 saturated heterocycles. The van der Waals surface area contributed by atoms with Gasteiger partial charge in [-0.25, -0.2) is 0 Å². The molecule has 2 aliphatic heterocycles. The van der Waals surface area contributed by atoms with Crippen molar-refractivity contribution >= 4 is 0 Å². The molecule has 2 heteroatoms. The van der Waals surface area contributed by atoms with E-state index >= 15 is 0 Å². The SMILES string of the molecule is CN1CC=CC2NC=C3CCC=CC3=C21. The summed E-state index contributed by atoms with van der Waals surface area (Å²) in [6, 6.07) is 0.380. The van der Waals surface area contributed by atoms with Gasteiger partial charge in [-0.15, -0.1) is 0 Å². The quantitative estimate of drug-likeness (QED) is 0.601. The van der Waals surface area contributed by atoms with Crippen molar-refractivity contribution in [3.05, 3.63) is 47.3 Å². The van der Waals surface area contributed by atoms with E-state index in [2.05, 4.69) is 47.8 Å². The number of fused-ring (bicyclic) bond motifs is 2. The van der Waals surface area contributed by atoms with Crippen LogP contribution in [0, 0.1) is 0 Å². The Hall–Kier alpha value is -1.44. The van der Waals surface area contributed by atoms with Crippen LogP contribution in [-0.2, 0) is 0 Å². The smallest absolute Gasteiger partial charge is 0.0848 e. The number of dihydropyridines is 1. The van der Waals surface area contributed by atoms with Crippen molar-refractivity contribution in [2.24, 2.45) is 0 Å². The van der Waals surface area contributed by atoms with Crippen molar-refractivity contribution in [1.82, 2.24) is 10.2 Å². The molecule has 0 fully saturated rings. The van der Waals surface area contributed by atoms with Crippen LogP contribution >= 0.6 is 0 Å². The fourth-order valence-corrected chi connectivity index (χ4v) is 2.56. The van der Waals surface area contributed by atoms with E-state index < -0.39 is 0 Å². The van der Waals surface area contributed by atoms with Gasteiger partial charge in [0.15, 0.2) is 0 Å². The second kappa shape index (κ2) is 3.30. The standard InChI is InChI=1S/C13H16N2/c1-15-8-4-7-12-13(15)11-6-3-2-5-10(11)9-14-12/h3-4,6-7,9,12,14H,2,5,8H2,1H3. The van der Waals surface area contributed by atoms with E-state index in [1.54, 1.807) is 0 Å². The second-order valence-electron chi connectivity index (χ2n) is 4.36. The van der Waals surface area contributed by atoms with E-state index in [1.807, 2.05) is 0 Å². The Morgan fingerprint density at radius 3 is 3.27 bits per heavy atom. The molecule has 0 aromatic carbocycles. The van der Waals surface area contributed by atoms with Crippen LogP contribution in [0.5, 0.6) is 0 Å². The molecule has 15 heavy (non-hydrogen) atoms. The minimum Gasteiger partial charge on any atom is -0.379 e. The fraction of sp³-hybridized carbons (Fsp3) is 0.385. The van der Waals surface area contributed by atoms with Gasteiger partial charge in [0.25, 0.3) is 0 Å². The zero-order chi connectivity index (χ0) is 10.3. The Labute approximate surface area is 90.7 Å². The van der Waals surface area contributed by atoms with Gasteiger partial charge in [0.2, 0.25) is 0 Å². The summed E-state index contributed by atoms with van der Waals surface area (Å²) in [6.45, 7) is 1.03. The van der Waals surface area contributed by atoms with Gasteiger partial charge in [0.1, 0.15) is 0 Å². The lowest BCUT2D eigenvalue weighted by atomic mass is 9.88. The van der Waals surface area contributed by atoms with Crippen LogP contribution in [-0.4, -0.2) is 24.5 Å². The molecule has 0 aromatic heterocycles. The summed E-state index contributed by atoms with van der Waals surface area (Å²) in [5, 5.41) is 3.47. The molecule has 3 aliphatic rings. The topological polar surface area (TPSA) is 15.3 Å². The molecule has 3 rings (SSSR count). The van der Waals surface area contributed by atoms with Crippen molar-refractivity contribution < 1.29 is 0 Å². The maximum absolute atomic E-state index is 3.47. The third-order valence-corrected chi connectivity index (χ3v) is 3.34. The molecule has 0 spiro atoms. The van der Waals surface area contributed by atoms with Crippen LogP contribution in [0.1, 0.15) is 12.8 Å². The van der Waals surface area contributed by atoms with E-state index in [0.29, 0.717) is 6.04 Å². The van der Waals surface area contributed by atoms with Gasteiger partial charge in [0.05, 0.1) is 6.04 Å². The van der Waals surface area contributed by atoms with Gasteiger partial charge >= 0.3 is 0 Å². The van der Waals surface area contributed by atoms with E-state index in [-0.39, 0.29) is 0 Å². The molecule has 1 unspecified atom stereocenters. The normalized spacial score (nSPS) is 28.2. The molecule has 1 atom stereocenters. The molecule has 1 N–H and O–H groups in total. The van der Waals surface area contributed by atoms with Gasteiger partial charge in [-0.1, -0.05) is 24.3 Å². The van der Waals surface area contributed by atoms with Crippen LogP contribution in [0.2, 0.25) is 0 Å². The Bertz CT molecular complexity index is 399. The Morgan fingerprint density at radius 2 is 2.33 bits per heavy atom. The first-order valence-electron chi connectivity index (χ1n) is 5.60. The summed E-state index contributed by atoms with van der Waals surface area (Å²) in [5.74, 6) is 0.